The monoisotopic (exact) mass is 519 g/mol. The number of nitrogens with zero attached hydrogens (tertiary/aromatic N) is 2. The van der Waals surface area contributed by atoms with Crippen molar-refractivity contribution >= 4 is 29.1 Å². The van der Waals surface area contributed by atoms with Crippen molar-refractivity contribution in [3.63, 3.8) is 0 Å². The molecule has 1 amide bonds. The maximum atomic E-state index is 15.0. The number of carbonyl (C=O) groups excluding carboxylic acids is 3. The minimum atomic E-state index is -1.58. The van der Waals surface area contributed by atoms with Crippen molar-refractivity contribution in [2.24, 2.45) is 0 Å². The zero-order valence-electron chi connectivity index (χ0n) is 21.0. The summed E-state index contributed by atoms with van der Waals surface area (Å²) in [5.74, 6) is -1.69. The van der Waals surface area contributed by atoms with E-state index in [1.54, 1.807) is 24.5 Å². The number of cyclic esters (lactones) is 1. The van der Waals surface area contributed by atoms with Crippen LogP contribution < -0.4 is 10.9 Å². The molecule has 0 saturated heterocycles. The lowest BCUT2D eigenvalue weighted by Gasteiger charge is -2.31. The summed E-state index contributed by atoms with van der Waals surface area (Å²) in [4.78, 5) is 55.3. The first-order valence-electron chi connectivity index (χ1n) is 12.7. The van der Waals surface area contributed by atoms with Crippen LogP contribution >= 0.6 is 0 Å². The van der Waals surface area contributed by atoms with Gasteiger partial charge in [-0.15, -0.1) is 0 Å². The number of ether oxygens (including phenoxy) is 1. The van der Waals surface area contributed by atoms with E-state index in [2.05, 4.69) is 5.32 Å². The zero-order chi connectivity index (χ0) is 26.9. The minimum absolute atomic E-state index is 0.134. The summed E-state index contributed by atoms with van der Waals surface area (Å²) in [5.41, 5.74) is 3.18. The van der Waals surface area contributed by atoms with Gasteiger partial charge in [-0.1, -0.05) is 6.92 Å². The molecule has 2 aliphatic heterocycles. The predicted molar refractivity (Wildman–Crippen MR) is 134 cm³/mol. The molecule has 1 unspecified atom stereocenters. The number of aromatic nitrogens is 2. The first-order chi connectivity index (χ1) is 18.2. The third-order valence-corrected chi connectivity index (χ3v) is 8.50. The standard InChI is InChI=1S/C28H26FN3O6/c1-3-28(12-34)18-6-21-25-16(9-32(21)26(36)17(18)11-38-27(28)37)23-14(8-30-22(35)10-33)4-5-15-13(2)19(29)7-20(31-25)24(15)23/h6-7,12,14,33H,3-5,8-11H2,1-2H3,(H,30,35)/t14?,28-/m0/s1. The van der Waals surface area contributed by atoms with Crippen molar-refractivity contribution in [3.05, 3.63) is 61.7 Å². The summed E-state index contributed by atoms with van der Waals surface area (Å²) in [5, 5.41) is 12.8. The number of hydrogen-bond acceptors (Lipinski definition) is 7. The van der Waals surface area contributed by atoms with Crippen molar-refractivity contribution in [3.8, 4) is 11.4 Å². The van der Waals surface area contributed by atoms with Crippen LogP contribution in [0.3, 0.4) is 0 Å². The molecule has 0 radical (unpaired) electrons. The SMILES string of the molecule is CC[C@@]1(C=O)C(=O)OCc2c1cc1n(c2=O)Cc2c-1nc1cc(F)c(C)c3c1c2C(CNC(=O)CO)CC3. The molecule has 6 rings (SSSR count). The molecule has 0 fully saturated rings. The number of aldehydes is 1. The summed E-state index contributed by atoms with van der Waals surface area (Å²) < 4.78 is 21.8. The Morgan fingerprint density at radius 1 is 1.32 bits per heavy atom. The van der Waals surface area contributed by atoms with Crippen LogP contribution in [0.25, 0.3) is 22.3 Å². The Morgan fingerprint density at radius 2 is 2.11 bits per heavy atom. The van der Waals surface area contributed by atoms with Gasteiger partial charge in [-0.2, -0.15) is 0 Å². The summed E-state index contributed by atoms with van der Waals surface area (Å²) in [6.45, 7) is 3.07. The maximum Gasteiger partial charge on any atom is 0.324 e. The largest absolute Gasteiger partial charge is 0.460 e. The number of hydrogen-bond donors (Lipinski definition) is 2. The minimum Gasteiger partial charge on any atom is -0.460 e. The number of aliphatic hydroxyl groups is 1. The number of amides is 1. The predicted octanol–water partition coefficient (Wildman–Crippen LogP) is 1.91. The van der Waals surface area contributed by atoms with Gasteiger partial charge in [-0.3, -0.25) is 14.4 Å². The third-order valence-electron chi connectivity index (χ3n) is 8.50. The Hall–Kier alpha value is -3.92. The summed E-state index contributed by atoms with van der Waals surface area (Å²) >= 11 is 0. The molecule has 1 aliphatic carbocycles. The van der Waals surface area contributed by atoms with Crippen molar-refractivity contribution < 1.29 is 28.6 Å². The fourth-order valence-electron chi connectivity index (χ4n) is 6.38. The van der Waals surface area contributed by atoms with E-state index in [-0.39, 0.29) is 49.0 Å². The molecular formula is C28H26FN3O6. The Labute approximate surface area is 216 Å². The first-order valence-corrected chi connectivity index (χ1v) is 12.7. The normalized spacial score (nSPS) is 20.9. The number of rotatable bonds is 5. The molecule has 1 aromatic carbocycles. The molecule has 2 atom stereocenters. The van der Waals surface area contributed by atoms with Gasteiger partial charge in [0.2, 0.25) is 5.91 Å². The van der Waals surface area contributed by atoms with E-state index in [0.29, 0.717) is 47.2 Å². The van der Waals surface area contributed by atoms with Crippen LogP contribution in [0.1, 0.15) is 59.1 Å². The lowest BCUT2D eigenvalue weighted by atomic mass is 9.76. The molecule has 196 valence electrons. The highest BCUT2D eigenvalue weighted by Gasteiger charge is 2.47. The molecule has 2 N–H and O–H groups in total. The second-order valence-electron chi connectivity index (χ2n) is 10.2. The molecule has 0 saturated carbocycles. The van der Waals surface area contributed by atoms with Crippen LogP contribution in [0.15, 0.2) is 16.9 Å². The lowest BCUT2D eigenvalue weighted by molar-refractivity contribution is -0.155. The van der Waals surface area contributed by atoms with Crippen LogP contribution in [0.4, 0.5) is 4.39 Å². The Balaban J connectivity index is 1.63. The van der Waals surface area contributed by atoms with Gasteiger partial charge < -0.3 is 24.5 Å². The number of halogens is 1. The summed E-state index contributed by atoms with van der Waals surface area (Å²) in [6, 6.07) is 3.08. The average molecular weight is 520 g/mol. The van der Waals surface area contributed by atoms with Crippen LogP contribution in [-0.4, -0.2) is 46.0 Å². The zero-order valence-corrected chi connectivity index (χ0v) is 21.0. The number of benzene rings is 1. The lowest BCUT2D eigenvalue weighted by Crippen LogP contribution is -2.45. The molecule has 4 heterocycles. The third kappa shape index (κ3) is 3.16. The van der Waals surface area contributed by atoms with Gasteiger partial charge in [0.1, 0.15) is 30.7 Å². The number of fused-ring (bicyclic) bond motifs is 5. The van der Waals surface area contributed by atoms with Crippen LogP contribution in [0.2, 0.25) is 0 Å². The summed E-state index contributed by atoms with van der Waals surface area (Å²) in [6.07, 6.45) is 1.92. The van der Waals surface area contributed by atoms with Gasteiger partial charge in [0.25, 0.3) is 5.56 Å². The fourth-order valence-corrected chi connectivity index (χ4v) is 6.38. The number of carbonyl (C=O) groups is 3. The highest BCUT2D eigenvalue weighted by Crippen LogP contribution is 2.46. The second-order valence-corrected chi connectivity index (χ2v) is 10.2. The van der Waals surface area contributed by atoms with Gasteiger partial charge in [-0.05, 0) is 54.5 Å². The Kier molecular flexibility index (Phi) is 5.50. The quantitative estimate of drug-likeness (QED) is 0.234. The van der Waals surface area contributed by atoms with Gasteiger partial charge in [-0.25, -0.2) is 9.37 Å². The van der Waals surface area contributed by atoms with E-state index in [1.165, 1.54) is 6.07 Å². The van der Waals surface area contributed by atoms with E-state index < -0.39 is 23.9 Å². The highest BCUT2D eigenvalue weighted by atomic mass is 19.1. The Bertz CT molecular complexity index is 1640. The van der Waals surface area contributed by atoms with Gasteiger partial charge in [0.05, 0.1) is 29.0 Å². The molecule has 38 heavy (non-hydrogen) atoms. The smallest absolute Gasteiger partial charge is 0.324 e. The summed E-state index contributed by atoms with van der Waals surface area (Å²) in [7, 11) is 0. The molecule has 3 aliphatic rings. The van der Waals surface area contributed by atoms with Crippen molar-refractivity contribution in [1.82, 2.24) is 14.9 Å². The molecule has 10 heteroatoms. The number of nitrogens with one attached hydrogen (secondary N) is 1. The van der Waals surface area contributed by atoms with E-state index in [1.807, 2.05) is 0 Å². The van der Waals surface area contributed by atoms with Crippen LogP contribution in [0.5, 0.6) is 0 Å². The topological polar surface area (TPSA) is 128 Å². The van der Waals surface area contributed by atoms with E-state index in [4.69, 9.17) is 9.72 Å². The molecule has 2 aromatic heterocycles. The molecule has 9 nitrogen and oxygen atoms in total. The van der Waals surface area contributed by atoms with Crippen molar-refractivity contribution in [2.75, 3.05) is 13.2 Å². The van der Waals surface area contributed by atoms with Crippen LogP contribution in [-0.2, 0) is 44.1 Å². The van der Waals surface area contributed by atoms with Crippen molar-refractivity contribution in [2.45, 2.75) is 57.6 Å². The first kappa shape index (κ1) is 24.4. The molecular weight excluding hydrogens is 493 g/mol. The van der Waals surface area contributed by atoms with Gasteiger partial charge in [0.15, 0.2) is 0 Å². The van der Waals surface area contributed by atoms with Gasteiger partial charge in [0, 0.05) is 29.5 Å². The highest BCUT2D eigenvalue weighted by molar-refractivity contribution is 6.01. The van der Waals surface area contributed by atoms with E-state index in [0.717, 1.165) is 22.1 Å². The average Bonchev–Trinajstić information content (AvgIpc) is 3.29. The van der Waals surface area contributed by atoms with Gasteiger partial charge >= 0.3 is 5.97 Å². The number of aryl methyl sites for hydroxylation is 1. The molecule has 0 bridgehead atoms. The molecule has 3 aromatic rings. The number of esters is 1. The maximum absolute atomic E-state index is 15.0. The number of aliphatic hydroxyl groups excluding tert-OH is 1. The Morgan fingerprint density at radius 3 is 2.82 bits per heavy atom. The molecule has 0 spiro atoms. The van der Waals surface area contributed by atoms with E-state index >= 15 is 0 Å². The fraction of sp³-hybridized carbons (Fsp3) is 0.393. The van der Waals surface area contributed by atoms with E-state index in [9.17, 15) is 28.7 Å². The number of pyridine rings is 2. The second kappa shape index (κ2) is 8.56. The van der Waals surface area contributed by atoms with Crippen molar-refractivity contribution in [1.29, 1.82) is 0 Å². The van der Waals surface area contributed by atoms with Crippen LogP contribution in [0, 0.1) is 12.7 Å².